The summed E-state index contributed by atoms with van der Waals surface area (Å²) in [7, 11) is 0. The number of hydrogen-bond donors (Lipinski definition) is 0. The van der Waals surface area contributed by atoms with E-state index < -0.39 is 0 Å². The first-order valence-electron chi connectivity index (χ1n) is 4.12. The molecule has 0 amide bonds. The highest BCUT2D eigenvalue weighted by atomic mass is 13.9. The van der Waals surface area contributed by atoms with Crippen LogP contribution in [0.3, 0.4) is 0 Å². The van der Waals surface area contributed by atoms with Crippen LogP contribution < -0.4 is 0 Å². The molecule has 0 heteroatoms. The molecule has 0 saturated carbocycles. The maximum atomic E-state index is 3.67. The van der Waals surface area contributed by atoms with Crippen molar-refractivity contribution in [2.24, 2.45) is 0 Å². The summed E-state index contributed by atoms with van der Waals surface area (Å²) < 4.78 is 0. The van der Waals surface area contributed by atoms with Crippen molar-refractivity contribution in [2.75, 3.05) is 0 Å². The van der Waals surface area contributed by atoms with E-state index in [2.05, 4.69) is 27.0 Å². The molecule has 0 fully saturated rings. The fourth-order valence-corrected chi connectivity index (χ4v) is 0.552. The summed E-state index contributed by atoms with van der Waals surface area (Å²) in [5.41, 5.74) is 2.61. The lowest BCUT2D eigenvalue weighted by Gasteiger charge is -1.97. The van der Waals surface area contributed by atoms with E-state index in [1.807, 2.05) is 26.0 Å². The van der Waals surface area contributed by atoms with Gasteiger partial charge in [-0.2, -0.15) is 0 Å². The van der Waals surface area contributed by atoms with Crippen molar-refractivity contribution in [1.82, 2.24) is 0 Å². The van der Waals surface area contributed by atoms with E-state index in [9.17, 15) is 0 Å². The Morgan fingerprint density at radius 2 is 1.64 bits per heavy atom. The van der Waals surface area contributed by atoms with E-state index in [0.717, 1.165) is 6.42 Å². The van der Waals surface area contributed by atoms with Crippen LogP contribution in [0.1, 0.15) is 34.1 Å². The quantitative estimate of drug-likeness (QED) is 0.421. The SMILES string of the molecule is C=CC/C(C)=C(/C)C=C.CC. The van der Waals surface area contributed by atoms with Crippen molar-refractivity contribution in [2.45, 2.75) is 34.1 Å². The first-order valence-corrected chi connectivity index (χ1v) is 4.12. The Morgan fingerprint density at radius 1 is 1.18 bits per heavy atom. The van der Waals surface area contributed by atoms with Gasteiger partial charge in [0, 0.05) is 0 Å². The molecule has 0 spiro atoms. The van der Waals surface area contributed by atoms with Crippen molar-refractivity contribution in [3.8, 4) is 0 Å². The molecule has 0 heterocycles. The Balaban J connectivity index is 0. The third-order valence-corrected chi connectivity index (χ3v) is 1.43. The van der Waals surface area contributed by atoms with Crippen LogP contribution >= 0.6 is 0 Å². The predicted octanol–water partition coefficient (Wildman–Crippen LogP) is 4.11. The lowest BCUT2D eigenvalue weighted by molar-refractivity contribution is 1.17. The smallest absolute Gasteiger partial charge is 0.0139 e. The van der Waals surface area contributed by atoms with E-state index in [1.165, 1.54) is 11.1 Å². The largest absolute Gasteiger partial charge is 0.103 e. The van der Waals surface area contributed by atoms with E-state index in [4.69, 9.17) is 0 Å². The molecule has 0 atom stereocenters. The van der Waals surface area contributed by atoms with E-state index in [-0.39, 0.29) is 0 Å². The standard InChI is InChI=1S/C9H14.C2H6/c1-5-7-9(4)8(3)6-2;1-2/h5-6H,1-2,7H2,3-4H3;1-2H3/b9-8-;. The first-order chi connectivity index (χ1) is 5.22. The molecule has 0 aliphatic rings. The Morgan fingerprint density at radius 3 is 1.91 bits per heavy atom. The Kier molecular flexibility index (Phi) is 10.8. The second-order valence-electron chi connectivity index (χ2n) is 2.16. The first kappa shape index (κ1) is 12.9. The Bertz CT molecular complexity index is 138. The van der Waals surface area contributed by atoms with Gasteiger partial charge in [0.2, 0.25) is 0 Å². The molecule has 0 nitrogen and oxygen atoms in total. The summed E-state index contributed by atoms with van der Waals surface area (Å²) in [6.07, 6.45) is 4.75. The highest BCUT2D eigenvalue weighted by Crippen LogP contribution is 2.07. The topological polar surface area (TPSA) is 0 Å². The summed E-state index contributed by atoms with van der Waals surface area (Å²) in [6, 6.07) is 0. The summed E-state index contributed by atoms with van der Waals surface area (Å²) in [5.74, 6) is 0. The molecule has 0 saturated heterocycles. The molecular weight excluding hydrogens is 132 g/mol. The lowest BCUT2D eigenvalue weighted by Crippen LogP contribution is -1.76. The number of allylic oxidation sites excluding steroid dienone is 4. The zero-order chi connectivity index (χ0) is 9.28. The third-order valence-electron chi connectivity index (χ3n) is 1.43. The zero-order valence-corrected chi connectivity index (χ0v) is 8.28. The lowest BCUT2D eigenvalue weighted by atomic mass is 10.1. The fraction of sp³-hybridized carbons (Fsp3) is 0.455. The van der Waals surface area contributed by atoms with Gasteiger partial charge in [0.1, 0.15) is 0 Å². The van der Waals surface area contributed by atoms with Crippen LogP contribution in [-0.4, -0.2) is 0 Å². The average Bonchev–Trinajstić information content (AvgIpc) is 2.07. The highest BCUT2D eigenvalue weighted by molar-refractivity contribution is 5.21. The Hall–Kier alpha value is -0.780. The van der Waals surface area contributed by atoms with Gasteiger partial charge in [-0.05, 0) is 20.3 Å². The Labute approximate surface area is 71.3 Å². The molecule has 0 radical (unpaired) electrons. The molecule has 11 heavy (non-hydrogen) atoms. The predicted molar refractivity (Wildman–Crippen MR) is 54.7 cm³/mol. The second kappa shape index (κ2) is 9.22. The van der Waals surface area contributed by atoms with Crippen LogP contribution in [0, 0.1) is 0 Å². The van der Waals surface area contributed by atoms with Crippen molar-refractivity contribution in [3.63, 3.8) is 0 Å². The van der Waals surface area contributed by atoms with E-state index in [0.29, 0.717) is 0 Å². The molecule has 64 valence electrons. The molecule has 0 rings (SSSR count). The molecule has 0 aromatic heterocycles. The van der Waals surface area contributed by atoms with E-state index in [1.54, 1.807) is 0 Å². The minimum absolute atomic E-state index is 0.970. The fourth-order valence-electron chi connectivity index (χ4n) is 0.552. The molecule has 0 aromatic carbocycles. The molecule has 0 bridgehead atoms. The molecule has 0 aliphatic heterocycles. The summed E-state index contributed by atoms with van der Waals surface area (Å²) in [5, 5.41) is 0. The normalized spacial score (nSPS) is 10.5. The minimum atomic E-state index is 0.970. The van der Waals surface area contributed by atoms with Gasteiger partial charge in [0.05, 0.1) is 0 Å². The van der Waals surface area contributed by atoms with Gasteiger partial charge in [-0.3, -0.25) is 0 Å². The summed E-state index contributed by atoms with van der Waals surface area (Å²) >= 11 is 0. The number of rotatable bonds is 3. The van der Waals surface area contributed by atoms with Gasteiger partial charge in [-0.15, -0.1) is 6.58 Å². The maximum absolute atomic E-state index is 3.67. The van der Waals surface area contributed by atoms with Crippen molar-refractivity contribution in [3.05, 3.63) is 36.5 Å². The van der Waals surface area contributed by atoms with Gasteiger partial charge >= 0.3 is 0 Å². The van der Waals surface area contributed by atoms with Gasteiger partial charge < -0.3 is 0 Å². The van der Waals surface area contributed by atoms with Gasteiger partial charge in [0.25, 0.3) is 0 Å². The van der Waals surface area contributed by atoms with Crippen LogP contribution in [0.25, 0.3) is 0 Å². The van der Waals surface area contributed by atoms with E-state index >= 15 is 0 Å². The zero-order valence-electron chi connectivity index (χ0n) is 8.28. The second-order valence-corrected chi connectivity index (χ2v) is 2.16. The summed E-state index contributed by atoms with van der Waals surface area (Å²) in [6.45, 7) is 15.5. The van der Waals surface area contributed by atoms with Gasteiger partial charge in [0.15, 0.2) is 0 Å². The number of hydrogen-bond acceptors (Lipinski definition) is 0. The molecular formula is C11H20. The highest BCUT2D eigenvalue weighted by Gasteiger charge is 1.87. The third kappa shape index (κ3) is 7.11. The van der Waals surface area contributed by atoms with Crippen LogP contribution in [0.15, 0.2) is 36.5 Å². The molecule has 0 aliphatic carbocycles. The van der Waals surface area contributed by atoms with Crippen LogP contribution in [0.5, 0.6) is 0 Å². The van der Waals surface area contributed by atoms with Crippen molar-refractivity contribution >= 4 is 0 Å². The minimum Gasteiger partial charge on any atom is -0.103 e. The molecule has 0 aromatic rings. The monoisotopic (exact) mass is 152 g/mol. The van der Waals surface area contributed by atoms with Crippen LogP contribution in [-0.2, 0) is 0 Å². The van der Waals surface area contributed by atoms with Gasteiger partial charge in [-0.1, -0.05) is 43.7 Å². The van der Waals surface area contributed by atoms with Gasteiger partial charge in [-0.25, -0.2) is 0 Å². The molecule has 0 unspecified atom stereocenters. The van der Waals surface area contributed by atoms with Crippen molar-refractivity contribution < 1.29 is 0 Å². The van der Waals surface area contributed by atoms with Crippen LogP contribution in [0.2, 0.25) is 0 Å². The van der Waals surface area contributed by atoms with Crippen molar-refractivity contribution in [1.29, 1.82) is 0 Å². The summed E-state index contributed by atoms with van der Waals surface area (Å²) in [4.78, 5) is 0. The van der Waals surface area contributed by atoms with Crippen LogP contribution in [0.4, 0.5) is 0 Å². The maximum Gasteiger partial charge on any atom is -0.0139 e. The molecule has 0 N–H and O–H groups in total. The average molecular weight is 152 g/mol.